The van der Waals surface area contributed by atoms with Crippen molar-refractivity contribution in [1.82, 2.24) is 0 Å². The molecule has 1 aromatic heterocycles. The lowest BCUT2D eigenvalue weighted by molar-refractivity contribution is 1.42. The Labute approximate surface area is 95.1 Å². The van der Waals surface area contributed by atoms with Crippen LogP contribution in [-0.2, 0) is 5.33 Å². The van der Waals surface area contributed by atoms with Gasteiger partial charge >= 0.3 is 0 Å². The number of thiophene rings is 1. The molecule has 0 aliphatic rings. The fourth-order valence-corrected chi connectivity index (χ4v) is 2.88. The lowest BCUT2D eigenvalue weighted by Gasteiger charge is -1.95. The van der Waals surface area contributed by atoms with Gasteiger partial charge in [0.1, 0.15) is 0 Å². The molecule has 0 radical (unpaired) electrons. The summed E-state index contributed by atoms with van der Waals surface area (Å²) in [7, 11) is 0. The molecule has 2 aromatic rings. The van der Waals surface area contributed by atoms with Gasteiger partial charge in [0.05, 0.1) is 11.6 Å². The highest BCUT2D eigenvalue weighted by atomic mass is 79.9. The van der Waals surface area contributed by atoms with E-state index in [4.69, 9.17) is 5.26 Å². The molecular weight excluding hydrogens is 258 g/mol. The van der Waals surface area contributed by atoms with Gasteiger partial charge < -0.3 is 0 Å². The van der Waals surface area contributed by atoms with Crippen LogP contribution in [0.3, 0.4) is 0 Å². The van der Waals surface area contributed by atoms with Crippen molar-refractivity contribution in [3.05, 3.63) is 34.2 Å². The Morgan fingerprint density at radius 1 is 1.43 bits per heavy atom. The second-order valence-corrected chi connectivity index (χ2v) is 4.89. The second-order valence-electron chi connectivity index (χ2n) is 3.16. The summed E-state index contributed by atoms with van der Waals surface area (Å²) >= 11 is 5.17. The average Bonchev–Trinajstić information content (AvgIpc) is 2.58. The lowest BCUT2D eigenvalue weighted by Crippen LogP contribution is -1.79. The highest BCUT2D eigenvalue weighted by Crippen LogP contribution is 2.29. The molecule has 0 amide bonds. The zero-order valence-electron chi connectivity index (χ0n) is 7.67. The summed E-state index contributed by atoms with van der Waals surface area (Å²) in [5.74, 6) is 0. The first-order valence-corrected chi connectivity index (χ1v) is 6.17. The molecular formula is C11H8BrNS. The molecule has 0 unspecified atom stereocenters. The van der Waals surface area contributed by atoms with E-state index in [1.807, 2.05) is 13.0 Å². The number of nitrogens with zero attached hydrogens (tertiary/aromatic N) is 1. The molecule has 0 aliphatic heterocycles. The van der Waals surface area contributed by atoms with Crippen molar-refractivity contribution in [3.63, 3.8) is 0 Å². The summed E-state index contributed by atoms with van der Waals surface area (Å²) < 4.78 is 1.20. The van der Waals surface area contributed by atoms with Gasteiger partial charge in [-0.3, -0.25) is 0 Å². The zero-order valence-corrected chi connectivity index (χ0v) is 10.1. The number of halogens is 1. The van der Waals surface area contributed by atoms with Gasteiger partial charge in [0, 0.05) is 14.9 Å². The van der Waals surface area contributed by atoms with Crippen LogP contribution >= 0.6 is 27.3 Å². The lowest BCUT2D eigenvalue weighted by atomic mass is 10.1. The van der Waals surface area contributed by atoms with Gasteiger partial charge in [-0.15, -0.1) is 11.3 Å². The summed E-state index contributed by atoms with van der Waals surface area (Å²) in [6, 6.07) is 8.43. The van der Waals surface area contributed by atoms with E-state index < -0.39 is 0 Å². The van der Waals surface area contributed by atoms with E-state index in [-0.39, 0.29) is 0 Å². The Kier molecular flexibility index (Phi) is 2.58. The first-order valence-electron chi connectivity index (χ1n) is 4.23. The third kappa shape index (κ3) is 1.56. The van der Waals surface area contributed by atoms with Crippen LogP contribution in [0.1, 0.15) is 16.0 Å². The number of aryl methyl sites for hydroxylation is 1. The van der Waals surface area contributed by atoms with Crippen molar-refractivity contribution >= 4 is 37.4 Å². The monoisotopic (exact) mass is 265 g/mol. The SMILES string of the molecule is Cc1cc2cc(CBr)sc2cc1C#N. The smallest absolute Gasteiger partial charge is 0.0994 e. The van der Waals surface area contributed by atoms with Gasteiger partial charge in [0.2, 0.25) is 0 Å². The van der Waals surface area contributed by atoms with Crippen LogP contribution in [0.5, 0.6) is 0 Å². The van der Waals surface area contributed by atoms with Crippen molar-refractivity contribution in [2.45, 2.75) is 12.3 Å². The number of alkyl halides is 1. The van der Waals surface area contributed by atoms with Crippen LogP contribution in [0.4, 0.5) is 0 Å². The van der Waals surface area contributed by atoms with E-state index >= 15 is 0 Å². The molecule has 2 rings (SSSR count). The molecule has 0 N–H and O–H groups in total. The standard InChI is InChI=1S/C11H8BrNS/c1-7-2-8-3-10(5-12)14-11(8)4-9(7)6-13/h2-4H,5H2,1H3. The zero-order chi connectivity index (χ0) is 10.1. The Balaban J connectivity index is 2.71. The Hall–Kier alpha value is -0.850. The van der Waals surface area contributed by atoms with Crippen LogP contribution in [0.2, 0.25) is 0 Å². The molecule has 0 saturated heterocycles. The maximum atomic E-state index is 8.89. The number of fused-ring (bicyclic) bond motifs is 1. The number of hydrogen-bond donors (Lipinski definition) is 0. The maximum absolute atomic E-state index is 8.89. The quantitative estimate of drug-likeness (QED) is 0.716. The molecule has 1 heterocycles. The van der Waals surface area contributed by atoms with Crippen LogP contribution < -0.4 is 0 Å². The highest BCUT2D eigenvalue weighted by Gasteiger charge is 2.04. The number of rotatable bonds is 1. The molecule has 70 valence electrons. The van der Waals surface area contributed by atoms with E-state index in [2.05, 4.69) is 34.1 Å². The van der Waals surface area contributed by atoms with E-state index in [0.29, 0.717) is 0 Å². The molecule has 1 aromatic carbocycles. The molecule has 14 heavy (non-hydrogen) atoms. The minimum absolute atomic E-state index is 0.778. The molecule has 1 nitrogen and oxygen atoms in total. The van der Waals surface area contributed by atoms with Crippen LogP contribution in [0, 0.1) is 18.3 Å². The second kappa shape index (κ2) is 3.72. The summed E-state index contributed by atoms with van der Waals surface area (Å²) in [5, 5.41) is 11.0. The first-order chi connectivity index (χ1) is 6.74. The maximum Gasteiger partial charge on any atom is 0.0994 e. The predicted molar refractivity (Wildman–Crippen MR) is 63.9 cm³/mol. The van der Waals surface area contributed by atoms with Crippen molar-refractivity contribution in [2.75, 3.05) is 0 Å². The predicted octanol–water partition coefficient (Wildman–Crippen LogP) is 3.98. The molecule has 0 spiro atoms. The van der Waals surface area contributed by atoms with Gasteiger partial charge in [0.15, 0.2) is 0 Å². The summed E-state index contributed by atoms with van der Waals surface area (Å²) in [6.45, 7) is 1.98. The van der Waals surface area contributed by atoms with Crippen LogP contribution in [0.25, 0.3) is 10.1 Å². The number of nitriles is 1. The summed E-state index contributed by atoms with van der Waals surface area (Å²) in [5.41, 5.74) is 1.83. The normalized spacial score (nSPS) is 10.4. The summed E-state index contributed by atoms with van der Waals surface area (Å²) in [4.78, 5) is 1.30. The average molecular weight is 266 g/mol. The van der Waals surface area contributed by atoms with Crippen molar-refractivity contribution < 1.29 is 0 Å². The van der Waals surface area contributed by atoms with E-state index in [9.17, 15) is 0 Å². The van der Waals surface area contributed by atoms with E-state index in [0.717, 1.165) is 16.5 Å². The third-order valence-corrected chi connectivity index (χ3v) is 4.24. The molecule has 0 fully saturated rings. The van der Waals surface area contributed by atoms with Gasteiger partial charge in [0.25, 0.3) is 0 Å². The van der Waals surface area contributed by atoms with Crippen LogP contribution in [-0.4, -0.2) is 0 Å². The fourth-order valence-electron chi connectivity index (χ4n) is 1.44. The van der Waals surface area contributed by atoms with Gasteiger partial charge in [-0.2, -0.15) is 5.26 Å². The largest absolute Gasteiger partial charge is 0.192 e. The Bertz CT molecular complexity index is 522. The van der Waals surface area contributed by atoms with Crippen molar-refractivity contribution in [2.24, 2.45) is 0 Å². The van der Waals surface area contributed by atoms with E-state index in [1.165, 1.54) is 15.0 Å². The van der Waals surface area contributed by atoms with Crippen molar-refractivity contribution in [3.8, 4) is 6.07 Å². The fraction of sp³-hybridized carbons (Fsp3) is 0.182. The van der Waals surface area contributed by atoms with Gasteiger partial charge in [-0.05, 0) is 36.1 Å². The molecule has 0 bridgehead atoms. The Morgan fingerprint density at radius 2 is 2.21 bits per heavy atom. The molecule has 0 aliphatic carbocycles. The van der Waals surface area contributed by atoms with Gasteiger partial charge in [-0.1, -0.05) is 15.9 Å². The molecule has 3 heteroatoms. The van der Waals surface area contributed by atoms with Crippen LogP contribution in [0.15, 0.2) is 18.2 Å². The Morgan fingerprint density at radius 3 is 2.86 bits per heavy atom. The van der Waals surface area contributed by atoms with Gasteiger partial charge in [-0.25, -0.2) is 0 Å². The minimum atomic E-state index is 0.778. The topological polar surface area (TPSA) is 23.8 Å². The first kappa shape index (κ1) is 9.70. The highest BCUT2D eigenvalue weighted by molar-refractivity contribution is 9.08. The molecule has 0 atom stereocenters. The summed E-state index contributed by atoms with van der Waals surface area (Å²) in [6.07, 6.45) is 0. The number of benzene rings is 1. The molecule has 0 saturated carbocycles. The third-order valence-electron chi connectivity index (χ3n) is 2.17. The van der Waals surface area contributed by atoms with E-state index in [1.54, 1.807) is 11.3 Å². The van der Waals surface area contributed by atoms with Crippen molar-refractivity contribution in [1.29, 1.82) is 5.26 Å². The number of hydrogen-bond acceptors (Lipinski definition) is 2. The minimum Gasteiger partial charge on any atom is -0.192 e.